The minimum Gasteiger partial charge on any atom is -0.469 e. The zero-order chi connectivity index (χ0) is 14.1. The Hall–Kier alpha value is -0.830. The van der Waals surface area contributed by atoms with Gasteiger partial charge in [-0.15, -0.1) is 6.58 Å². The molecular formula is C17H27NO2. The fourth-order valence-corrected chi connectivity index (χ4v) is 4.86. The van der Waals surface area contributed by atoms with Crippen molar-refractivity contribution in [3.63, 3.8) is 0 Å². The molecule has 1 aliphatic carbocycles. The quantitative estimate of drug-likeness (QED) is 0.637. The van der Waals surface area contributed by atoms with Crippen LogP contribution in [0.3, 0.4) is 0 Å². The molecule has 0 aromatic carbocycles. The van der Waals surface area contributed by atoms with Crippen molar-refractivity contribution in [2.45, 2.75) is 57.0 Å². The molecule has 2 heterocycles. The summed E-state index contributed by atoms with van der Waals surface area (Å²) in [5.41, 5.74) is 0. The molecule has 3 heteroatoms. The number of allylic oxidation sites excluding steroid dienone is 1. The van der Waals surface area contributed by atoms with Gasteiger partial charge in [-0.3, -0.25) is 4.79 Å². The lowest BCUT2D eigenvalue weighted by molar-refractivity contribution is -0.151. The summed E-state index contributed by atoms with van der Waals surface area (Å²) in [5.74, 6) is 2.04. The molecule has 4 atom stereocenters. The highest BCUT2D eigenvalue weighted by Crippen LogP contribution is 2.45. The fraction of sp³-hybridized carbons (Fsp3) is 0.824. The van der Waals surface area contributed by atoms with E-state index in [2.05, 4.69) is 18.0 Å². The van der Waals surface area contributed by atoms with Gasteiger partial charge in [0, 0.05) is 12.1 Å². The Morgan fingerprint density at radius 1 is 1.20 bits per heavy atom. The standard InChI is InChI=1S/C17H27NO2/c1-3-11-4-6-12(7-5-11)14-10-13-8-9-15(18-13)16(14)17(19)20-2/h3,11-16,18H,1,4-10H2,2H3/t11?,12?,13-,14-,15?,16?/m1/s1. The van der Waals surface area contributed by atoms with Gasteiger partial charge in [0.25, 0.3) is 0 Å². The SMILES string of the molecule is C=CC1CCC([C@H]2C[C@H]3CCC(N3)C2C(=O)OC)CC1. The molecule has 0 aromatic heterocycles. The molecule has 0 spiro atoms. The van der Waals surface area contributed by atoms with Crippen molar-refractivity contribution in [1.29, 1.82) is 0 Å². The van der Waals surface area contributed by atoms with Crippen LogP contribution in [0.25, 0.3) is 0 Å². The van der Waals surface area contributed by atoms with Gasteiger partial charge in [0.05, 0.1) is 13.0 Å². The van der Waals surface area contributed by atoms with Crippen LogP contribution < -0.4 is 5.32 Å². The van der Waals surface area contributed by atoms with E-state index in [9.17, 15) is 4.79 Å². The fourth-order valence-electron chi connectivity index (χ4n) is 4.86. The number of esters is 1. The first-order chi connectivity index (χ1) is 9.72. The molecule has 3 aliphatic rings. The van der Waals surface area contributed by atoms with Crippen molar-refractivity contribution in [2.75, 3.05) is 7.11 Å². The Bertz CT molecular complexity index is 373. The first-order valence-corrected chi connectivity index (χ1v) is 8.19. The lowest BCUT2D eigenvalue weighted by atomic mass is 9.67. The first-order valence-electron chi connectivity index (χ1n) is 8.19. The van der Waals surface area contributed by atoms with Crippen LogP contribution in [0, 0.1) is 23.7 Å². The number of nitrogens with one attached hydrogen (secondary N) is 1. The van der Waals surface area contributed by atoms with Crippen LogP contribution in [0.1, 0.15) is 44.9 Å². The van der Waals surface area contributed by atoms with Crippen molar-refractivity contribution >= 4 is 5.97 Å². The summed E-state index contributed by atoms with van der Waals surface area (Å²) < 4.78 is 5.11. The smallest absolute Gasteiger partial charge is 0.310 e. The number of piperidine rings is 1. The van der Waals surface area contributed by atoms with Crippen LogP contribution in [-0.2, 0) is 9.53 Å². The Morgan fingerprint density at radius 2 is 1.95 bits per heavy atom. The number of carbonyl (C=O) groups is 1. The zero-order valence-electron chi connectivity index (χ0n) is 12.5. The summed E-state index contributed by atoms with van der Waals surface area (Å²) in [7, 11) is 1.54. The zero-order valence-corrected chi connectivity index (χ0v) is 12.5. The van der Waals surface area contributed by atoms with Crippen LogP contribution in [0.2, 0.25) is 0 Å². The second-order valence-electron chi connectivity index (χ2n) is 6.91. The number of carbonyl (C=O) groups excluding carboxylic acids is 1. The molecule has 0 radical (unpaired) electrons. The molecule has 3 fully saturated rings. The van der Waals surface area contributed by atoms with E-state index in [1.54, 1.807) is 0 Å². The second kappa shape index (κ2) is 5.88. The second-order valence-corrected chi connectivity index (χ2v) is 6.91. The van der Waals surface area contributed by atoms with Gasteiger partial charge in [0.15, 0.2) is 0 Å². The molecular weight excluding hydrogens is 250 g/mol. The van der Waals surface area contributed by atoms with Gasteiger partial charge in [-0.25, -0.2) is 0 Å². The molecule has 112 valence electrons. The largest absolute Gasteiger partial charge is 0.469 e. The van der Waals surface area contributed by atoms with E-state index >= 15 is 0 Å². The Kier molecular flexibility index (Phi) is 4.16. The van der Waals surface area contributed by atoms with E-state index in [1.807, 2.05) is 0 Å². The third-order valence-electron chi connectivity index (χ3n) is 5.96. The van der Waals surface area contributed by atoms with Gasteiger partial charge >= 0.3 is 5.97 Å². The molecule has 2 aliphatic heterocycles. The van der Waals surface area contributed by atoms with Gasteiger partial charge in [-0.2, -0.15) is 0 Å². The topological polar surface area (TPSA) is 38.3 Å². The van der Waals surface area contributed by atoms with Crippen molar-refractivity contribution in [3.8, 4) is 0 Å². The van der Waals surface area contributed by atoms with E-state index in [-0.39, 0.29) is 11.9 Å². The Balaban J connectivity index is 1.72. The van der Waals surface area contributed by atoms with Gasteiger partial charge in [-0.05, 0) is 62.7 Å². The van der Waals surface area contributed by atoms with E-state index in [0.29, 0.717) is 29.8 Å². The third-order valence-corrected chi connectivity index (χ3v) is 5.96. The van der Waals surface area contributed by atoms with Crippen molar-refractivity contribution in [1.82, 2.24) is 5.32 Å². The van der Waals surface area contributed by atoms with Crippen molar-refractivity contribution in [2.24, 2.45) is 23.7 Å². The van der Waals surface area contributed by atoms with Crippen LogP contribution >= 0.6 is 0 Å². The number of rotatable bonds is 3. The highest BCUT2D eigenvalue weighted by molar-refractivity contribution is 5.74. The maximum atomic E-state index is 12.2. The lowest BCUT2D eigenvalue weighted by Crippen LogP contribution is -2.51. The Morgan fingerprint density at radius 3 is 2.60 bits per heavy atom. The summed E-state index contributed by atoms with van der Waals surface area (Å²) in [5, 5.41) is 3.63. The normalized spacial score (nSPS) is 44.0. The van der Waals surface area contributed by atoms with Crippen molar-refractivity contribution in [3.05, 3.63) is 12.7 Å². The summed E-state index contributed by atoms with van der Waals surface area (Å²) in [6.45, 7) is 3.93. The Labute approximate surface area is 122 Å². The number of fused-ring (bicyclic) bond motifs is 2. The summed E-state index contributed by atoms with van der Waals surface area (Å²) in [6.07, 6.45) is 10.7. The van der Waals surface area contributed by atoms with Crippen LogP contribution in [-0.4, -0.2) is 25.2 Å². The third kappa shape index (κ3) is 2.52. The molecule has 3 nitrogen and oxygen atoms in total. The molecule has 1 N–H and O–H groups in total. The molecule has 3 rings (SSSR count). The number of hydrogen-bond acceptors (Lipinski definition) is 3. The maximum Gasteiger partial charge on any atom is 0.310 e. The van der Waals surface area contributed by atoms with Gasteiger partial charge in [0.1, 0.15) is 0 Å². The highest BCUT2D eigenvalue weighted by atomic mass is 16.5. The predicted octanol–water partition coefficient (Wildman–Crippen LogP) is 2.91. The number of hydrogen-bond donors (Lipinski definition) is 1. The van der Waals surface area contributed by atoms with E-state index in [0.717, 1.165) is 6.42 Å². The molecule has 2 unspecified atom stereocenters. The minimum absolute atomic E-state index is 0.0127. The first kappa shape index (κ1) is 14.1. The van der Waals surface area contributed by atoms with E-state index in [4.69, 9.17) is 4.74 Å². The molecule has 0 aromatic rings. The van der Waals surface area contributed by atoms with Crippen LogP contribution in [0.15, 0.2) is 12.7 Å². The predicted molar refractivity (Wildman–Crippen MR) is 79.2 cm³/mol. The average Bonchev–Trinajstić information content (AvgIpc) is 2.88. The number of ether oxygens (including phenoxy) is 1. The van der Waals surface area contributed by atoms with Crippen LogP contribution in [0.5, 0.6) is 0 Å². The summed E-state index contributed by atoms with van der Waals surface area (Å²) in [6, 6.07) is 1.01. The average molecular weight is 277 g/mol. The van der Waals surface area contributed by atoms with Crippen LogP contribution in [0.4, 0.5) is 0 Å². The summed E-state index contributed by atoms with van der Waals surface area (Å²) in [4.78, 5) is 12.2. The maximum absolute atomic E-state index is 12.2. The molecule has 20 heavy (non-hydrogen) atoms. The van der Waals surface area contributed by atoms with Crippen molar-refractivity contribution < 1.29 is 9.53 Å². The minimum atomic E-state index is 0.0127. The van der Waals surface area contributed by atoms with Gasteiger partial charge in [-0.1, -0.05) is 6.08 Å². The van der Waals surface area contributed by atoms with Gasteiger partial charge < -0.3 is 10.1 Å². The van der Waals surface area contributed by atoms with E-state index < -0.39 is 0 Å². The van der Waals surface area contributed by atoms with Gasteiger partial charge in [0.2, 0.25) is 0 Å². The lowest BCUT2D eigenvalue weighted by Gasteiger charge is -2.42. The summed E-state index contributed by atoms with van der Waals surface area (Å²) >= 11 is 0. The molecule has 1 saturated carbocycles. The monoisotopic (exact) mass is 277 g/mol. The number of methoxy groups -OCH3 is 1. The molecule has 2 bridgehead atoms. The van der Waals surface area contributed by atoms with E-state index in [1.165, 1.54) is 45.6 Å². The molecule has 0 amide bonds. The molecule has 2 saturated heterocycles. The highest BCUT2D eigenvalue weighted by Gasteiger charge is 2.48.